The normalized spacial score (nSPS) is 12.8. The van der Waals surface area contributed by atoms with Gasteiger partial charge in [-0.2, -0.15) is 13.2 Å². The smallest absolute Gasteiger partial charge is 0.324 e. The molecule has 2 aromatic carbocycles. The van der Waals surface area contributed by atoms with E-state index in [9.17, 15) is 22.8 Å². The van der Waals surface area contributed by atoms with E-state index in [-0.39, 0.29) is 17.5 Å². The van der Waals surface area contributed by atoms with Crippen molar-refractivity contribution in [1.29, 1.82) is 0 Å². The van der Waals surface area contributed by atoms with E-state index in [0.717, 1.165) is 26.8 Å². The first-order chi connectivity index (χ1) is 14.4. The number of aromatic nitrogens is 2. The summed E-state index contributed by atoms with van der Waals surface area (Å²) in [4.78, 5) is 29.6. The molecule has 1 N–H and O–H groups in total. The first kappa shape index (κ1) is 22.5. The van der Waals surface area contributed by atoms with Crippen molar-refractivity contribution in [3.05, 3.63) is 68.6 Å². The summed E-state index contributed by atoms with van der Waals surface area (Å²) >= 11 is 0. The van der Waals surface area contributed by atoms with Crippen LogP contribution < -0.4 is 10.9 Å². The van der Waals surface area contributed by atoms with Gasteiger partial charge in [0.25, 0.3) is 5.56 Å². The third kappa shape index (κ3) is 4.33. The lowest BCUT2D eigenvalue weighted by Gasteiger charge is -2.22. The molecule has 1 heterocycles. The Hall–Kier alpha value is -3.16. The second kappa shape index (κ2) is 8.17. The fourth-order valence-corrected chi connectivity index (χ4v) is 3.61. The molecule has 0 aliphatic carbocycles. The molecule has 0 saturated heterocycles. The van der Waals surface area contributed by atoms with Gasteiger partial charge in [-0.1, -0.05) is 24.6 Å². The van der Waals surface area contributed by atoms with Crippen molar-refractivity contribution in [2.75, 3.05) is 5.32 Å². The number of carbonyl (C=O) groups is 1. The van der Waals surface area contributed by atoms with Crippen LogP contribution >= 0.6 is 0 Å². The largest absolute Gasteiger partial charge is 0.438 e. The van der Waals surface area contributed by atoms with Crippen molar-refractivity contribution < 1.29 is 18.0 Å². The quantitative estimate of drug-likeness (QED) is 0.615. The second-order valence-electron chi connectivity index (χ2n) is 7.79. The number of anilines is 1. The number of hydrogen-bond donors (Lipinski definition) is 1. The first-order valence-electron chi connectivity index (χ1n) is 9.92. The van der Waals surface area contributed by atoms with Crippen molar-refractivity contribution in [2.24, 2.45) is 0 Å². The summed E-state index contributed by atoms with van der Waals surface area (Å²) in [6.45, 7) is 8.94. The van der Waals surface area contributed by atoms with Gasteiger partial charge in [0.1, 0.15) is 6.04 Å². The van der Waals surface area contributed by atoms with Crippen molar-refractivity contribution >= 4 is 22.6 Å². The Labute approximate surface area is 177 Å². The molecule has 3 rings (SSSR count). The minimum absolute atomic E-state index is 0.0211. The van der Waals surface area contributed by atoms with E-state index in [4.69, 9.17) is 0 Å². The summed E-state index contributed by atoms with van der Waals surface area (Å²) in [5.74, 6) is -0.560. The fourth-order valence-electron chi connectivity index (χ4n) is 3.61. The second-order valence-corrected chi connectivity index (χ2v) is 7.79. The highest BCUT2D eigenvalue weighted by molar-refractivity contribution is 5.95. The molecule has 164 valence electrons. The average molecular weight is 431 g/mol. The monoisotopic (exact) mass is 431 g/mol. The third-order valence-electron chi connectivity index (χ3n) is 5.41. The van der Waals surface area contributed by atoms with Gasteiger partial charge in [0.2, 0.25) is 11.6 Å². The molecule has 8 heteroatoms. The lowest BCUT2D eigenvalue weighted by atomic mass is 10.1. The van der Waals surface area contributed by atoms with Crippen LogP contribution in [-0.2, 0) is 11.0 Å². The zero-order chi connectivity index (χ0) is 23.1. The van der Waals surface area contributed by atoms with E-state index in [1.165, 1.54) is 6.07 Å². The first-order valence-corrected chi connectivity index (χ1v) is 9.92. The van der Waals surface area contributed by atoms with Crippen LogP contribution in [0, 0.1) is 27.7 Å². The minimum Gasteiger partial charge on any atom is -0.324 e. The molecular formula is C23H24F3N3O2. The van der Waals surface area contributed by atoms with E-state index < -0.39 is 29.4 Å². The van der Waals surface area contributed by atoms with E-state index in [1.54, 1.807) is 32.9 Å². The van der Waals surface area contributed by atoms with Gasteiger partial charge in [0.15, 0.2) is 0 Å². The topological polar surface area (TPSA) is 64.0 Å². The van der Waals surface area contributed by atoms with Crippen molar-refractivity contribution in [2.45, 2.75) is 53.3 Å². The van der Waals surface area contributed by atoms with Gasteiger partial charge in [-0.15, -0.1) is 0 Å². The molecule has 1 amide bonds. The number of amides is 1. The highest BCUT2D eigenvalue weighted by atomic mass is 19.4. The Kier molecular flexibility index (Phi) is 5.93. The summed E-state index contributed by atoms with van der Waals surface area (Å²) in [5, 5.41) is 2.76. The van der Waals surface area contributed by atoms with Gasteiger partial charge in [0.05, 0.1) is 11.0 Å². The molecule has 0 aliphatic heterocycles. The van der Waals surface area contributed by atoms with Crippen LogP contribution in [0.2, 0.25) is 0 Å². The Bertz CT molecular complexity index is 1230. The molecular weight excluding hydrogens is 407 g/mol. The molecule has 0 aliphatic rings. The standard InChI is InChI=1S/C23H24F3N3O2/c1-6-18(21(30)28-16-8-7-12(2)9-15(16)5)29-19-11-14(4)13(3)10-17(19)27-20(22(29)31)23(24,25)26/h7-11,18H,6H2,1-5H3,(H,28,30)/t18-/m1/s1. The number of benzene rings is 2. The number of alkyl halides is 3. The van der Waals surface area contributed by atoms with Gasteiger partial charge >= 0.3 is 6.18 Å². The summed E-state index contributed by atoms with van der Waals surface area (Å²) in [6.07, 6.45) is -4.81. The maximum absolute atomic E-state index is 13.6. The average Bonchev–Trinajstić information content (AvgIpc) is 2.66. The predicted molar refractivity (Wildman–Crippen MR) is 114 cm³/mol. The van der Waals surface area contributed by atoms with Crippen LogP contribution in [0.4, 0.5) is 18.9 Å². The Morgan fingerprint density at radius 3 is 2.29 bits per heavy atom. The van der Waals surface area contributed by atoms with Gasteiger partial charge in [0, 0.05) is 5.69 Å². The Balaban J connectivity index is 2.22. The predicted octanol–water partition coefficient (Wildman–Crippen LogP) is 5.24. The molecule has 3 aromatic rings. The third-order valence-corrected chi connectivity index (χ3v) is 5.41. The summed E-state index contributed by atoms with van der Waals surface area (Å²) < 4.78 is 41.6. The molecule has 0 spiro atoms. The number of aryl methyl sites for hydroxylation is 4. The van der Waals surface area contributed by atoms with Crippen LogP contribution in [0.3, 0.4) is 0 Å². The number of hydrogen-bond acceptors (Lipinski definition) is 3. The van der Waals surface area contributed by atoms with Crippen LogP contribution in [-0.4, -0.2) is 15.5 Å². The molecule has 0 fully saturated rings. The number of rotatable bonds is 4. The van der Waals surface area contributed by atoms with Gasteiger partial charge < -0.3 is 5.32 Å². The number of fused-ring (bicyclic) bond motifs is 1. The van der Waals surface area contributed by atoms with E-state index >= 15 is 0 Å². The molecule has 0 saturated carbocycles. The number of carbonyl (C=O) groups excluding carboxylic acids is 1. The maximum atomic E-state index is 13.6. The Morgan fingerprint density at radius 2 is 1.71 bits per heavy atom. The summed E-state index contributed by atoms with van der Waals surface area (Å²) in [5.41, 5.74) is 1.27. The zero-order valence-electron chi connectivity index (χ0n) is 18.0. The van der Waals surface area contributed by atoms with E-state index in [1.807, 2.05) is 26.0 Å². The SMILES string of the molecule is CC[C@H](C(=O)Nc1ccc(C)cc1C)n1c(=O)c(C(F)(F)F)nc2cc(C)c(C)cc21. The molecule has 1 atom stereocenters. The van der Waals surface area contributed by atoms with E-state index in [0.29, 0.717) is 5.69 Å². The molecule has 0 radical (unpaired) electrons. The lowest BCUT2D eigenvalue weighted by Crippen LogP contribution is -2.37. The fraction of sp³-hybridized carbons (Fsp3) is 0.348. The van der Waals surface area contributed by atoms with Crippen LogP contribution in [0.1, 0.15) is 47.3 Å². The summed E-state index contributed by atoms with van der Waals surface area (Å²) in [6, 6.07) is 7.42. The number of nitrogens with zero attached hydrogens (tertiary/aromatic N) is 2. The van der Waals surface area contributed by atoms with Crippen molar-refractivity contribution in [1.82, 2.24) is 9.55 Å². The molecule has 0 unspecified atom stereocenters. The highest BCUT2D eigenvalue weighted by Gasteiger charge is 2.38. The van der Waals surface area contributed by atoms with Crippen LogP contribution in [0.25, 0.3) is 11.0 Å². The maximum Gasteiger partial charge on any atom is 0.438 e. The lowest BCUT2D eigenvalue weighted by molar-refractivity contribution is -0.142. The summed E-state index contributed by atoms with van der Waals surface area (Å²) in [7, 11) is 0. The molecule has 31 heavy (non-hydrogen) atoms. The van der Waals surface area contributed by atoms with Gasteiger partial charge in [-0.3, -0.25) is 14.2 Å². The van der Waals surface area contributed by atoms with Gasteiger partial charge in [-0.25, -0.2) is 4.98 Å². The van der Waals surface area contributed by atoms with Gasteiger partial charge in [-0.05, 0) is 69.0 Å². The number of nitrogens with one attached hydrogen (secondary N) is 1. The Morgan fingerprint density at radius 1 is 1.06 bits per heavy atom. The van der Waals surface area contributed by atoms with Crippen molar-refractivity contribution in [3.63, 3.8) is 0 Å². The zero-order valence-corrected chi connectivity index (χ0v) is 18.0. The van der Waals surface area contributed by atoms with E-state index in [2.05, 4.69) is 10.3 Å². The van der Waals surface area contributed by atoms with Crippen LogP contribution in [0.5, 0.6) is 0 Å². The number of halogens is 3. The van der Waals surface area contributed by atoms with Crippen LogP contribution in [0.15, 0.2) is 35.1 Å². The molecule has 1 aromatic heterocycles. The minimum atomic E-state index is -4.94. The molecule has 5 nitrogen and oxygen atoms in total. The van der Waals surface area contributed by atoms with Crippen molar-refractivity contribution in [3.8, 4) is 0 Å². The molecule has 0 bridgehead atoms. The highest BCUT2D eigenvalue weighted by Crippen LogP contribution is 2.29.